The summed E-state index contributed by atoms with van der Waals surface area (Å²) in [5, 5.41) is 3.84. The van der Waals surface area contributed by atoms with Crippen molar-refractivity contribution in [2.24, 2.45) is 23.7 Å². The largest absolute Gasteiger partial charge is 0.313 e. The molecule has 16 heavy (non-hydrogen) atoms. The van der Waals surface area contributed by atoms with E-state index in [0.717, 1.165) is 29.7 Å². The van der Waals surface area contributed by atoms with E-state index < -0.39 is 0 Å². The molecule has 1 N–H and O–H groups in total. The smallest absolute Gasteiger partial charge is 0.0121 e. The van der Waals surface area contributed by atoms with Crippen molar-refractivity contribution in [1.82, 2.24) is 5.32 Å². The quantitative estimate of drug-likeness (QED) is 0.691. The fourth-order valence-electron chi connectivity index (χ4n) is 3.83. The Morgan fingerprint density at radius 3 is 2.31 bits per heavy atom. The normalized spacial score (nSPS) is 35.8. The van der Waals surface area contributed by atoms with Gasteiger partial charge in [-0.3, -0.25) is 0 Å². The van der Waals surface area contributed by atoms with E-state index >= 15 is 0 Å². The highest BCUT2D eigenvalue weighted by molar-refractivity contribution is 5.00. The van der Waals surface area contributed by atoms with Crippen molar-refractivity contribution in [1.29, 1.82) is 0 Å². The maximum absolute atomic E-state index is 3.84. The van der Waals surface area contributed by atoms with Crippen LogP contribution in [0.4, 0.5) is 0 Å². The van der Waals surface area contributed by atoms with E-state index in [2.05, 4.69) is 26.1 Å². The lowest BCUT2D eigenvalue weighted by molar-refractivity contribution is 0.247. The predicted molar refractivity (Wildman–Crippen MR) is 70.5 cm³/mol. The van der Waals surface area contributed by atoms with Crippen LogP contribution in [0.3, 0.4) is 0 Å². The molecule has 2 rings (SSSR count). The van der Waals surface area contributed by atoms with Gasteiger partial charge in [0.15, 0.2) is 0 Å². The molecule has 2 fully saturated rings. The molecule has 0 aromatic heterocycles. The zero-order valence-electron chi connectivity index (χ0n) is 11.3. The van der Waals surface area contributed by atoms with Gasteiger partial charge in [0, 0.05) is 6.04 Å². The van der Waals surface area contributed by atoms with E-state index in [-0.39, 0.29) is 0 Å². The first kappa shape index (κ1) is 12.4. The molecule has 0 aromatic carbocycles. The summed E-state index contributed by atoms with van der Waals surface area (Å²) < 4.78 is 0. The van der Waals surface area contributed by atoms with Crippen molar-refractivity contribution >= 4 is 0 Å². The van der Waals surface area contributed by atoms with Gasteiger partial charge in [-0.2, -0.15) is 0 Å². The third-order valence-electron chi connectivity index (χ3n) is 4.78. The number of fused-ring (bicyclic) bond motifs is 1. The molecule has 0 aromatic rings. The highest BCUT2D eigenvalue weighted by Gasteiger charge is 2.48. The molecule has 94 valence electrons. The van der Waals surface area contributed by atoms with E-state index in [1.54, 1.807) is 6.42 Å². The second kappa shape index (κ2) is 5.53. The number of hydrogen-bond donors (Lipinski definition) is 1. The van der Waals surface area contributed by atoms with Crippen molar-refractivity contribution in [3.05, 3.63) is 0 Å². The van der Waals surface area contributed by atoms with Gasteiger partial charge in [-0.05, 0) is 62.3 Å². The van der Waals surface area contributed by atoms with Gasteiger partial charge in [-0.25, -0.2) is 0 Å². The predicted octanol–water partition coefficient (Wildman–Crippen LogP) is 3.84. The minimum Gasteiger partial charge on any atom is -0.313 e. The Morgan fingerprint density at radius 1 is 1.06 bits per heavy atom. The molecule has 0 saturated heterocycles. The topological polar surface area (TPSA) is 12.0 Å². The van der Waals surface area contributed by atoms with Crippen LogP contribution in [0, 0.1) is 23.7 Å². The molecule has 0 aliphatic heterocycles. The van der Waals surface area contributed by atoms with Crippen molar-refractivity contribution in [2.75, 3.05) is 6.54 Å². The van der Waals surface area contributed by atoms with E-state index in [1.807, 2.05) is 0 Å². The summed E-state index contributed by atoms with van der Waals surface area (Å²) >= 11 is 0. The summed E-state index contributed by atoms with van der Waals surface area (Å²) in [5.74, 6) is 4.13. The standard InChI is InChI=1S/C15H29N/c1-4-6-11(3)15(16-7-5-2)14-9-12-8-13(12)10-14/h11-16H,4-10H2,1-3H3. The van der Waals surface area contributed by atoms with Gasteiger partial charge in [-0.15, -0.1) is 0 Å². The summed E-state index contributed by atoms with van der Waals surface area (Å²) in [6, 6.07) is 0.813. The summed E-state index contributed by atoms with van der Waals surface area (Å²) in [6.07, 6.45) is 8.62. The molecule has 0 amide bonds. The SMILES string of the molecule is CCCNC(C(C)CCC)C1CC2CC2C1. The zero-order valence-corrected chi connectivity index (χ0v) is 11.3. The van der Waals surface area contributed by atoms with Gasteiger partial charge < -0.3 is 5.32 Å². The molecule has 2 aliphatic carbocycles. The van der Waals surface area contributed by atoms with Crippen LogP contribution in [-0.4, -0.2) is 12.6 Å². The van der Waals surface area contributed by atoms with Crippen LogP contribution in [0.2, 0.25) is 0 Å². The van der Waals surface area contributed by atoms with Crippen LogP contribution in [0.25, 0.3) is 0 Å². The Bertz CT molecular complexity index is 203. The lowest BCUT2D eigenvalue weighted by Crippen LogP contribution is -2.41. The summed E-state index contributed by atoms with van der Waals surface area (Å²) in [5.41, 5.74) is 0. The summed E-state index contributed by atoms with van der Waals surface area (Å²) in [6.45, 7) is 8.27. The van der Waals surface area contributed by atoms with Gasteiger partial charge in [-0.1, -0.05) is 27.2 Å². The summed E-state index contributed by atoms with van der Waals surface area (Å²) in [4.78, 5) is 0. The highest BCUT2D eigenvalue weighted by Crippen LogP contribution is 2.55. The summed E-state index contributed by atoms with van der Waals surface area (Å²) in [7, 11) is 0. The second-order valence-corrected chi connectivity index (χ2v) is 6.23. The molecule has 0 spiro atoms. The maximum atomic E-state index is 3.84. The maximum Gasteiger partial charge on any atom is 0.0121 e. The zero-order chi connectivity index (χ0) is 11.5. The van der Waals surface area contributed by atoms with Crippen LogP contribution in [0.5, 0.6) is 0 Å². The van der Waals surface area contributed by atoms with Crippen molar-refractivity contribution in [2.45, 2.75) is 65.3 Å². The van der Waals surface area contributed by atoms with E-state index in [1.165, 1.54) is 38.6 Å². The van der Waals surface area contributed by atoms with Crippen LogP contribution in [-0.2, 0) is 0 Å². The van der Waals surface area contributed by atoms with Crippen molar-refractivity contribution in [3.8, 4) is 0 Å². The molecular weight excluding hydrogens is 194 g/mol. The monoisotopic (exact) mass is 223 g/mol. The van der Waals surface area contributed by atoms with Gasteiger partial charge in [0.2, 0.25) is 0 Å². The van der Waals surface area contributed by atoms with E-state index in [4.69, 9.17) is 0 Å². The molecule has 0 bridgehead atoms. The van der Waals surface area contributed by atoms with Crippen LogP contribution >= 0.6 is 0 Å². The van der Waals surface area contributed by atoms with Crippen molar-refractivity contribution in [3.63, 3.8) is 0 Å². The fraction of sp³-hybridized carbons (Fsp3) is 1.00. The van der Waals surface area contributed by atoms with E-state index in [0.29, 0.717) is 0 Å². The lowest BCUT2D eigenvalue weighted by Gasteiger charge is -2.31. The molecule has 2 saturated carbocycles. The highest BCUT2D eigenvalue weighted by atomic mass is 14.9. The Labute approximate surface area is 101 Å². The van der Waals surface area contributed by atoms with Gasteiger partial charge in [0.1, 0.15) is 0 Å². The lowest BCUT2D eigenvalue weighted by atomic mass is 9.84. The minimum absolute atomic E-state index is 0.813. The van der Waals surface area contributed by atoms with Crippen LogP contribution in [0.1, 0.15) is 59.3 Å². The average molecular weight is 223 g/mol. The molecule has 4 atom stereocenters. The van der Waals surface area contributed by atoms with E-state index in [9.17, 15) is 0 Å². The Balaban J connectivity index is 1.85. The molecule has 2 aliphatic rings. The molecule has 0 heterocycles. The number of rotatable bonds is 7. The van der Waals surface area contributed by atoms with Crippen molar-refractivity contribution < 1.29 is 0 Å². The minimum atomic E-state index is 0.813. The molecular formula is C15H29N. The first-order chi connectivity index (χ1) is 7.76. The first-order valence-electron chi connectivity index (χ1n) is 7.49. The Kier molecular flexibility index (Phi) is 4.29. The first-order valence-corrected chi connectivity index (χ1v) is 7.49. The van der Waals surface area contributed by atoms with Gasteiger partial charge in [0.25, 0.3) is 0 Å². The number of nitrogens with one attached hydrogen (secondary N) is 1. The molecule has 4 unspecified atom stereocenters. The van der Waals surface area contributed by atoms with Crippen LogP contribution in [0.15, 0.2) is 0 Å². The third kappa shape index (κ3) is 2.80. The van der Waals surface area contributed by atoms with Gasteiger partial charge in [0.05, 0.1) is 0 Å². The average Bonchev–Trinajstić information content (AvgIpc) is 2.87. The molecule has 1 nitrogen and oxygen atoms in total. The number of hydrogen-bond acceptors (Lipinski definition) is 1. The van der Waals surface area contributed by atoms with Gasteiger partial charge >= 0.3 is 0 Å². The fourth-order valence-corrected chi connectivity index (χ4v) is 3.83. The molecule has 0 radical (unpaired) electrons. The Hall–Kier alpha value is -0.0400. The second-order valence-electron chi connectivity index (χ2n) is 6.23. The van der Waals surface area contributed by atoms with Crippen LogP contribution < -0.4 is 5.32 Å². The molecule has 1 heteroatoms. The third-order valence-corrected chi connectivity index (χ3v) is 4.78. The Morgan fingerprint density at radius 2 is 1.75 bits per heavy atom.